The maximum Gasteiger partial charge on any atom is 0.295 e. The number of hydrogen-bond acceptors (Lipinski definition) is 5. The molecule has 3 rings (SSSR count). The Morgan fingerprint density at radius 3 is 2.32 bits per heavy atom. The van der Waals surface area contributed by atoms with Crippen LogP contribution in [0, 0.1) is 0 Å². The highest BCUT2D eigenvalue weighted by molar-refractivity contribution is 9.10. The number of hydrogen-bond donors (Lipinski definition) is 1. The van der Waals surface area contributed by atoms with Crippen molar-refractivity contribution in [1.29, 1.82) is 0 Å². The lowest BCUT2D eigenvalue weighted by molar-refractivity contribution is -0.139. The quantitative estimate of drug-likeness (QED) is 0.343. The zero-order chi connectivity index (χ0) is 22.5. The number of benzene rings is 2. The van der Waals surface area contributed by atoms with Crippen LogP contribution in [0.3, 0.4) is 0 Å². The maximum atomic E-state index is 13.0. The summed E-state index contributed by atoms with van der Waals surface area (Å²) in [6.07, 6.45) is 0.714. The van der Waals surface area contributed by atoms with E-state index in [1.165, 1.54) is 0 Å². The number of aliphatic hydroxyl groups is 1. The van der Waals surface area contributed by atoms with Gasteiger partial charge in [0.2, 0.25) is 0 Å². The molecule has 0 bridgehead atoms. The second-order valence-electron chi connectivity index (χ2n) is 7.66. The summed E-state index contributed by atoms with van der Waals surface area (Å²) in [6.45, 7) is 3.65. The van der Waals surface area contributed by atoms with Crippen molar-refractivity contribution in [3.8, 4) is 5.75 Å². The number of ether oxygens (including phenoxy) is 1. The second-order valence-corrected chi connectivity index (χ2v) is 8.57. The molecule has 1 aliphatic heterocycles. The van der Waals surface area contributed by atoms with Crippen molar-refractivity contribution in [3.05, 3.63) is 69.7 Å². The number of halogens is 1. The van der Waals surface area contributed by atoms with Crippen molar-refractivity contribution in [2.45, 2.75) is 19.4 Å². The van der Waals surface area contributed by atoms with Crippen LogP contribution in [0.25, 0.3) is 5.76 Å². The molecule has 164 valence electrons. The highest BCUT2D eigenvalue weighted by Crippen LogP contribution is 2.40. The normalized spacial score (nSPS) is 18.1. The summed E-state index contributed by atoms with van der Waals surface area (Å²) in [6, 6.07) is 13.7. The van der Waals surface area contributed by atoms with E-state index in [9.17, 15) is 14.7 Å². The van der Waals surface area contributed by atoms with Gasteiger partial charge in [0, 0.05) is 16.6 Å². The molecule has 0 saturated carbocycles. The third-order valence-corrected chi connectivity index (χ3v) is 5.70. The molecule has 1 aliphatic rings. The fourth-order valence-corrected chi connectivity index (χ4v) is 3.96. The summed E-state index contributed by atoms with van der Waals surface area (Å²) < 4.78 is 6.38. The standard InChI is InChI=1S/C24H27BrN2O4/c1-4-31-19-12-8-16(9-13-19)21-20(22(28)17-6-10-18(25)11-7-17)23(29)24(30)27(21)15-5-14-26(2)3/h6-13,21,28H,4-5,14-15H2,1-3H3/t21-/m1/s1. The predicted molar refractivity (Wildman–Crippen MR) is 124 cm³/mol. The molecule has 2 aromatic rings. The molecule has 31 heavy (non-hydrogen) atoms. The monoisotopic (exact) mass is 486 g/mol. The molecule has 6 nitrogen and oxygen atoms in total. The summed E-state index contributed by atoms with van der Waals surface area (Å²) >= 11 is 3.37. The number of carbonyl (C=O) groups is 2. The number of aliphatic hydroxyl groups excluding tert-OH is 1. The lowest BCUT2D eigenvalue weighted by Gasteiger charge is -2.26. The van der Waals surface area contributed by atoms with Gasteiger partial charge in [-0.2, -0.15) is 0 Å². The lowest BCUT2D eigenvalue weighted by atomic mass is 9.95. The van der Waals surface area contributed by atoms with E-state index in [2.05, 4.69) is 15.9 Å². The van der Waals surface area contributed by atoms with E-state index in [4.69, 9.17) is 4.74 Å². The topological polar surface area (TPSA) is 70.1 Å². The highest BCUT2D eigenvalue weighted by atomic mass is 79.9. The van der Waals surface area contributed by atoms with E-state index in [-0.39, 0.29) is 11.3 Å². The van der Waals surface area contributed by atoms with E-state index in [1.807, 2.05) is 50.2 Å². The molecule has 0 aromatic heterocycles. The van der Waals surface area contributed by atoms with Crippen LogP contribution in [0.2, 0.25) is 0 Å². The molecular weight excluding hydrogens is 460 g/mol. The molecule has 1 fully saturated rings. The number of carbonyl (C=O) groups excluding carboxylic acids is 2. The summed E-state index contributed by atoms with van der Waals surface area (Å²) in [4.78, 5) is 29.5. The van der Waals surface area contributed by atoms with Gasteiger partial charge in [0.25, 0.3) is 11.7 Å². The number of Topliss-reactive ketones (excluding diaryl/α,β-unsaturated/α-hetero) is 1. The van der Waals surface area contributed by atoms with Gasteiger partial charge in [-0.25, -0.2) is 0 Å². The smallest absolute Gasteiger partial charge is 0.295 e. The molecule has 0 aliphatic carbocycles. The highest BCUT2D eigenvalue weighted by Gasteiger charge is 2.45. The number of nitrogens with zero attached hydrogens (tertiary/aromatic N) is 2. The van der Waals surface area contributed by atoms with Gasteiger partial charge in [-0.05, 0) is 63.8 Å². The van der Waals surface area contributed by atoms with E-state index < -0.39 is 17.7 Å². The fourth-order valence-electron chi connectivity index (χ4n) is 3.69. The van der Waals surface area contributed by atoms with Crippen LogP contribution in [-0.4, -0.2) is 60.4 Å². The van der Waals surface area contributed by atoms with Crippen molar-refractivity contribution in [2.24, 2.45) is 0 Å². The molecule has 0 spiro atoms. The van der Waals surface area contributed by atoms with Crippen molar-refractivity contribution < 1.29 is 19.4 Å². The third-order valence-electron chi connectivity index (χ3n) is 5.17. The van der Waals surface area contributed by atoms with Crippen molar-refractivity contribution in [1.82, 2.24) is 9.80 Å². The Morgan fingerprint density at radius 2 is 1.74 bits per heavy atom. The van der Waals surface area contributed by atoms with E-state index in [1.54, 1.807) is 29.2 Å². The van der Waals surface area contributed by atoms with Crippen molar-refractivity contribution in [2.75, 3.05) is 33.8 Å². The van der Waals surface area contributed by atoms with Gasteiger partial charge in [0.05, 0.1) is 18.2 Å². The average Bonchev–Trinajstić information content (AvgIpc) is 2.99. The van der Waals surface area contributed by atoms with Crippen LogP contribution in [0.4, 0.5) is 0 Å². The van der Waals surface area contributed by atoms with Gasteiger partial charge < -0.3 is 19.6 Å². The van der Waals surface area contributed by atoms with Crippen LogP contribution >= 0.6 is 15.9 Å². The van der Waals surface area contributed by atoms with Gasteiger partial charge in [-0.15, -0.1) is 0 Å². The van der Waals surface area contributed by atoms with Crippen LogP contribution < -0.4 is 4.74 Å². The molecule has 7 heteroatoms. The van der Waals surface area contributed by atoms with Gasteiger partial charge in [0.15, 0.2) is 0 Å². The average molecular weight is 487 g/mol. The molecule has 2 aromatic carbocycles. The minimum atomic E-state index is -0.663. The first kappa shape index (κ1) is 23.0. The maximum absolute atomic E-state index is 13.0. The molecule has 1 heterocycles. The Balaban J connectivity index is 2.05. The van der Waals surface area contributed by atoms with Crippen molar-refractivity contribution in [3.63, 3.8) is 0 Å². The first-order chi connectivity index (χ1) is 14.8. The van der Waals surface area contributed by atoms with E-state index in [0.29, 0.717) is 30.9 Å². The molecule has 1 saturated heterocycles. The summed E-state index contributed by atoms with van der Waals surface area (Å²) in [5.41, 5.74) is 1.36. The van der Waals surface area contributed by atoms with E-state index in [0.717, 1.165) is 16.6 Å². The molecule has 1 amide bonds. The molecule has 0 unspecified atom stereocenters. The number of rotatable bonds is 8. The van der Waals surface area contributed by atoms with Crippen LogP contribution in [0.5, 0.6) is 5.75 Å². The van der Waals surface area contributed by atoms with Gasteiger partial charge in [-0.1, -0.05) is 40.2 Å². The third kappa shape index (κ3) is 5.17. The lowest BCUT2D eigenvalue weighted by Crippen LogP contribution is -2.32. The van der Waals surface area contributed by atoms with Gasteiger partial charge in [-0.3, -0.25) is 9.59 Å². The van der Waals surface area contributed by atoms with Crippen LogP contribution in [0.1, 0.15) is 30.5 Å². The Bertz CT molecular complexity index is 968. The first-order valence-electron chi connectivity index (χ1n) is 10.2. The van der Waals surface area contributed by atoms with Crippen LogP contribution in [-0.2, 0) is 9.59 Å². The molecule has 0 radical (unpaired) electrons. The Kier molecular flexibility index (Phi) is 7.51. The zero-order valence-electron chi connectivity index (χ0n) is 18.0. The summed E-state index contributed by atoms with van der Waals surface area (Å²) in [7, 11) is 3.93. The Hall–Kier alpha value is -2.64. The summed E-state index contributed by atoms with van der Waals surface area (Å²) in [5.74, 6) is -0.705. The predicted octanol–water partition coefficient (Wildman–Crippen LogP) is 4.22. The molecule has 1 atom stereocenters. The van der Waals surface area contributed by atoms with Gasteiger partial charge >= 0.3 is 0 Å². The number of likely N-dealkylation sites (tertiary alicyclic amines) is 1. The molecule has 1 N–H and O–H groups in total. The summed E-state index contributed by atoms with van der Waals surface area (Å²) in [5, 5.41) is 11.0. The Labute approximate surface area is 191 Å². The SMILES string of the molecule is CCOc1ccc([C@@H]2C(=C(O)c3ccc(Br)cc3)C(=O)C(=O)N2CCCN(C)C)cc1. The first-order valence-corrected chi connectivity index (χ1v) is 11.0. The van der Waals surface area contributed by atoms with Gasteiger partial charge in [0.1, 0.15) is 11.5 Å². The second kappa shape index (κ2) is 10.1. The minimum absolute atomic E-state index is 0.112. The zero-order valence-corrected chi connectivity index (χ0v) is 19.6. The number of ketones is 1. The Morgan fingerprint density at radius 1 is 1.10 bits per heavy atom. The van der Waals surface area contributed by atoms with E-state index >= 15 is 0 Å². The van der Waals surface area contributed by atoms with Crippen LogP contribution in [0.15, 0.2) is 58.6 Å². The minimum Gasteiger partial charge on any atom is -0.507 e. The molecular formula is C24H27BrN2O4. The largest absolute Gasteiger partial charge is 0.507 e. The fraction of sp³-hybridized carbons (Fsp3) is 0.333. The number of amides is 1. The van der Waals surface area contributed by atoms with Crippen molar-refractivity contribution >= 4 is 33.4 Å².